The highest BCUT2D eigenvalue weighted by atomic mass is 16.5. The fourth-order valence-corrected chi connectivity index (χ4v) is 5.19. The average molecular weight is 543 g/mol. The number of hydrogen-bond donors (Lipinski definition) is 1. The van der Waals surface area contributed by atoms with Crippen molar-refractivity contribution in [2.75, 3.05) is 34.4 Å². The van der Waals surface area contributed by atoms with Crippen molar-refractivity contribution in [3.63, 3.8) is 0 Å². The maximum absolute atomic E-state index is 13.8. The number of rotatable bonds is 7. The molecule has 0 aliphatic carbocycles. The smallest absolute Gasteiger partial charge is 0.290 e. The van der Waals surface area contributed by atoms with E-state index in [2.05, 4.69) is 9.97 Å². The SMILES string of the molecule is COc1ccccc1C1CCN(C(=O)c2c(O)n(-c3c(OC)cccc3OC)c(-c3cncc(C)c3)nc2=O)C1. The van der Waals surface area contributed by atoms with Crippen LogP contribution in [0.3, 0.4) is 0 Å². The summed E-state index contributed by atoms with van der Waals surface area (Å²) in [5.74, 6) is 0.369. The number of carbonyl (C=O) groups is 1. The van der Waals surface area contributed by atoms with Crippen LogP contribution in [0.4, 0.5) is 0 Å². The molecule has 1 atom stereocenters. The minimum absolute atomic E-state index is 0.0179. The Morgan fingerprint density at radius 1 is 0.975 bits per heavy atom. The fraction of sp³-hybridized carbons (Fsp3) is 0.267. The molecule has 1 fully saturated rings. The summed E-state index contributed by atoms with van der Waals surface area (Å²) in [5.41, 5.74) is 1.29. The van der Waals surface area contributed by atoms with E-state index in [1.807, 2.05) is 31.2 Å². The van der Waals surface area contributed by atoms with Crippen molar-refractivity contribution >= 4 is 5.91 Å². The molecule has 1 N–H and O–H groups in total. The number of benzene rings is 2. The molecule has 10 nitrogen and oxygen atoms in total. The molecule has 10 heteroatoms. The number of methoxy groups -OCH3 is 3. The van der Waals surface area contributed by atoms with Crippen LogP contribution in [0.1, 0.15) is 33.8 Å². The van der Waals surface area contributed by atoms with Gasteiger partial charge in [-0.05, 0) is 48.7 Å². The lowest BCUT2D eigenvalue weighted by Gasteiger charge is -2.22. The molecule has 0 saturated carbocycles. The van der Waals surface area contributed by atoms with Gasteiger partial charge in [-0.25, -0.2) is 0 Å². The van der Waals surface area contributed by atoms with Crippen molar-refractivity contribution in [3.8, 4) is 40.2 Å². The third-order valence-corrected chi connectivity index (χ3v) is 7.10. The van der Waals surface area contributed by atoms with Gasteiger partial charge in [0.1, 0.15) is 22.9 Å². The second-order valence-electron chi connectivity index (χ2n) is 9.52. The van der Waals surface area contributed by atoms with E-state index in [9.17, 15) is 14.7 Å². The third-order valence-electron chi connectivity index (χ3n) is 7.10. The van der Waals surface area contributed by atoms with Gasteiger partial charge in [-0.15, -0.1) is 0 Å². The standard InChI is InChI=1S/C30H30N4O6/c1-18-14-20(16-31-15-18)27-32-28(35)25(30(37)34(27)26-23(39-3)10-7-11-24(26)40-4)29(36)33-13-12-19(17-33)21-8-5-6-9-22(21)38-2/h5-11,14-16,19,37H,12-13,17H2,1-4H3. The molecule has 2 aromatic carbocycles. The average Bonchev–Trinajstić information content (AvgIpc) is 3.47. The Balaban J connectivity index is 1.65. The monoisotopic (exact) mass is 542 g/mol. The van der Waals surface area contributed by atoms with E-state index in [1.54, 1.807) is 42.5 Å². The number of pyridine rings is 1. The maximum atomic E-state index is 13.8. The number of ether oxygens (including phenoxy) is 3. The van der Waals surface area contributed by atoms with Gasteiger partial charge in [-0.3, -0.25) is 19.1 Å². The fourth-order valence-electron chi connectivity index (χ4n) is 5.19. The summed E-state index contributed by atoms with van der Waals surface area (Å²) in [5, 5.41) is 11.7. The first-order valence-electron chi connectivity index (χ1n) is 12.8. The number of amides is 1. The molecule has 5 rings (SSSR count). The molecule has 0 radical (unpaired) electrons. The summed E-state index contributed by atoms with van der Waals surface area (Å²) in [4.78, 5) is 37.3. The van der Waals surface area contributed by atoms with Gasteiger partial charge in [-0.1, -0.05) is 24.3 Å². The number of para-hydroxylation sites is 2. The minimum Gasteiger partial charge on any atom is -0.496 e. The Kier molecular flexibility index (Phi) is 7.41. The van der Waals surface area contributed by atoms with Crippen LogP contribution < -0.4 is 19.8 Å². The summed E-state index contributed by atoms with van der Waals surface area (Å²) >= 11 is 0. The van der Waals surface area contributed by atoms with Crippen molar-refractivity contribution in [2.24, 2.45) is 0 Å². The van der Waals surface area contributed by atoms with Crippen LogP contribution in [0.25, 0.3) is 17.1 Å². The number of aromatic hydroxyl groups is 1. The third kappa shape index (κ3) is 4.72. The number of aryl methyl sites for hydroxylation is 1. The lowest BCUT2D eigenvalue weighted by atomic mass is 9.97. The molecule has 0 spiro atoms. The molecule has 40 heavy (non-hydrogen) atoms. The first-order chi connectivity index (χ1) is 19.4. The predicted octanol–water partition coefficient (Wildman–Crippen LogP) is 3.96. The number of carbonyl (C=O) groups excluding carboxylic acids is 1. The molecule has 1 aliphatic heterocycles. The van der Waals surface area contributed by atoms with Crippen LogP contribution in [0, 0.1) is 6.92 Å². The summed E-state index contributed by atoms with van der Waals surface area (Å²) in [7, 11) is 4.57. The van der Waals surface area contributed by atoms with Crippen LogP contribution in [0.2, 0.25) is 0 Å². The van der Waals surface area contributed by atoms with E-state index in [4.69, 9.17) is 14.2 Å². The molecule has 1 unspecified atom stereocenters. The van der Waals surface area contributed by atoms with E-state index < -0.39 is 22.9 Å². The van der Waals surface area contributed by atoms with Crippen LogP contribution >= 0.6 is 0 Å². The Labute approximate surface area is 231 Å². The number of likely N-dealkylation sites (tertiary alicyclic amines) is 1. The van der Waals surface area contributed by atoms with Gasteiger partial charge >= 0.3 is 0 Å². The molecule has 1 aliphatic rings. The molecular formula is C30H30N4O6. The Morgan fingerprint density at radius 2 is 1.65 bits per heavy atom. The zero-order chi connectivity index (χ0) is 28.4. The summed E-state index contributed by atoms with van der Waals surface area (Å²) in [6.45, 7) is 2.62. The molecule has 1 amide bonds. The first kappa shape index (κ1) is 26.7. The van der Waals surface area contributed by atoms with Gasteiger partial charge in [0, 0.05) is 37.0 Å². The topological polar surface area (TPSA) is 116 Å². The molecular weight excluding hydrogens is 512 g/mol. The molecule has 206 valence electrons. The van der Waals surface area contributed by atoms with Crippen LogP contribution in [-0.2, 0) is 0 Å². The molecule has 1 saturated heterocycles. The van der Waals surface area contributed by atoms with Crippen LogP contribution in [-0.4, -0.2) is 64.9 Å². The van der Waals surface area contributed by atoms with Gasteiger partial charge in [0.2, 0.25) is 5.88 Å². The van der Waals surface area contributed by atoms with Crippen molar-refractivity contribution < 1.29 is 24.1 Å². The lowest BCUT2D eigenvalue weighted by Crippen LogP contribution is -2.34. The zero-order valence-corrected chi connectivity index (χ0v) is 22.7. The number of nitrogens with zero attached hydrogens (tertiary/aromatic N) is 4. The van der Waals surface area contributed by atoms with Gasteiger partial charge in [0.25, 0.3) is 11.5 Å². The zero-order valence-electron chi connectivity index (χ0n) is 22.7. The summed E-state index contributed by atoms with van der Waals surface area (Å²) in [6, 6.07) is 14.6. The first-order valence-corrected chi connectivity index (χ1v) is 12.8. The Morgan fingerprint density at radius 3 is 2.33 bits per heavy atom. The minimum atomic E-state index is -0.843. The largest absolute Gasteiger partial charge is 0.496 e. The van der Waals surface area contributed by atoms with Crippen LogP contribution in [0.5, 0.6) is 23.1 Å². The van der Waals surface area contributed by atoms with E-state index >= 15 is 0 Å². The Hall–Kier alpha value is -4.86. The highest BCUT2D eigenvalue weighted by Crippen LogP contribution is 2.39. The van der Waals surface area contributed by atoms with Crippen molar-refractivity contribution in [1.29, 1.82) is 0 Å². The van der Waals surface area contributed by atoms with E-state index in [-0.39, 0.29) is 17.4 Å². The number of hydrogen-bond acceptors (Lipinski definition) is 8. The van der Waals surface area contributed by atoms with E-state index in [1.165, 1.54) is 25.0 Å². The molecule has 2 aromatic heterocycles. The van der Waals surface area contributed by atoms with Gasteiger partial charge in [-0.2, -0.15) is 4.98 Å². The van der Waals surface area contributed by atoms with Crippen molar-refractivity contribution in [2.45, 2.75) is 19.3 Å². The van der Waals surface area contributed by atoms with Gasteiger partial charge < -0.3 is 24.2 Å². The second-order valence-corrected chi connectivity index (χ2v) is 9.52. The van der Waals surface area contributed by atoms with Gasteiger partial charge in [0.15, 0.2) is 11.4 Å². The molecule has 4 aromatic rings. The number of aromatic nitrogens is 3. The normalized spacial score (nSPS) is 14.7. The second kappa shape index (κ2) is 11.1. The summed E-state index contributed by atoms with van der Waals surface area (Å²) < 4.78 is 18.0. The highest BCUT2D eigenvalue weighted by Gasteiger charge is 2.34. The highest BCUT2D eigenvalue weighted by molar-refractivity contribution is 5.97. The predicted molar refractivity (Wildman–Crippen MR) is 149 cm³/mol. The Bertz CT molecular complexity index is 1610. The van der Waals surface area contributed by atoms with Gasteiger partial charge in [0.05, 0.1) is 21.3 Å². The van der Waals surface area contributed by atoms with E-state index in [0.717, 1.165) is 16.9 Å². The maximum Gasteiger partial charge on any atom is 0.290 e. The van der Waals surface area contributed by atoms with E-state index in [0.29, 0.717) is 36.6 Å². The molecule has 0 bridgehead atoms. The van der Waals surface area contributed by atoms with Crippen molar-refractivity contribution in [3.05, 3.63) is 88.0 Å². The van der Waals surface area contributed by atoms with Crippen molar-refractivity contribution in [1.82, 2.24) is 19.4 Å². The molecule has 3 heterocycles. The van der Waals surface area contributed by atoms with Crippen LogP contribution in [0.15, 0.2) is 65.7 Å². The summed E-state index contributed by atoms with van der Waals surface area (Å²) in [6.07, 6.45) is 3.88. The quantitative estimate of drug-likeness (QED) is 0.373. The lowest BCUT2D eigenvalue weighted by molar-refractivity contribution is 0.0784.